The van der Waals surface area contributed by atoms with Crippen LogP contribution in [-0.2, 0) is 11.2 Å². The molecule has 1 aromatic carbocycles. The van der Waals surface area contributed by atoms with Gasteiger partial charge in [0.2, 0.25) is 5.91 Å². The minimum atomic E-state index is -0.507. The average molecular weight is 272 g/mol. The van der Waals surface area contributed by atoms with Crippen LogP contribution in [0.1, 0.15) is 30.8 Å². The molecule has 20 heavy (non-hydrogen) atoms. The number of nitrogens with zero attached hydrogens (tertiary/aromatic N) is 1. The average Bonchev–Trinajstić information content (AvgIpc) is 3.00. The van der Waals surface area contributed by atoms with Crippen molar-refractivity contribution in [2.45, 2.75) is 31.8 Å². The monoisotopic (exact) mass is 272 g/mol. The number of carbonyl (C=O) groups excluding carboxylic acids is 1. The molecule has 5 nitrogen and oxygen atoms in total. The SMILES string of the molecule is CC(NC(=O)[C@@H](N)CCc1ccccc1)c1ncc[nH]1. The van der Waals surface area contributed by atoms with Gasteiger partial charge in [-0.1, -0.05) is 30.3 Å². The van der Waals surface area contributed by atoms with Crippen molar-refractivity contribution in [1.29, 1.82) is 0 Å². The van der Waals surface area contributed by atoms with Crippen molar-refractivity contribution >= 4 is 5.91 Å². The standard InChI is InChI=1S/C15H20N4O/c1-11(14-17-9-10-18-14)19-15(20)13(16)8-7-12-5-3-2-4-6-12/h2-6,9-11,13H,7-8,16H2,1H3,(H,17,18)(H,19,20)/t11?,13-/m0/s1. The molecule has 0 saturated heterocycles. The number of aromatic nitrogens is 2. The normalized spacial score (nSPS) is 13.7. The zero-order valence-electron chi connectivity index (χ0n) is 11.5. The molecule has 0 radical (unpaired) electrons. The molecule has 0 aliphatic carbocycles. The second-order valence-electron chi connectivity index (χ2n) is 4.84. The first-order valence-electron chi connectivity index (χ1n) is 6.76. The summed E-state index contributed by atoms with van der Waals surface area (Å²) in [6.07, 6.45) is 4.81. The Morgan fingerprint density at radius 1 is 1.40 bits per heavy atom. The van der Waals surface area contributed by atoms with E-state index in [0.29, 0.717) is 6.42 Å². The molecule has 0 aliphatic heterocycles. The number of nitrogens with two attached hydrogens (primary N) is 1. The van der Waals surface area contributed by atoms with Crippen LogP contribution >= 0.6 is 0 Å². The molecule has 2 aromatic rings. The highest BCUT2D eigenvalue weighted by Crippen LogP contribution is 2.07. The molecule has 2 rings (SSSR count). The van der Waals surface area contributed by atoms with E-state index >= 15 is 0 Å². The van der Waals surface area contributed by atoms with Crippen molar-refractivity contribution in [3.8, 4) is 0 Å². The van der Waals surface area contributed by atoms with Gasteiger partial charge >= 0.3 is 0 Å². The van der Waals surface area contributed by atoms with E-state index in [2.05, 4.69) is 15.3 Å². The molecule has 0 bridgehead atoms. The smallest absolute Gasteiger partial charge is 0.237 e. The molecule has 0 fully saturated rings. The third-order valence-electron chi connectivity index (χ3n) is 3.21. The van der Waals surface area contributed by atoms with Crippen molar-refractivity contribution in [2.75, 3.05) is 0 Å². The molecule has 1 heterocycles. The van der Waals surface area contributed by atoms with Gasteiger partial charge in [0.15, 0.2) is 0 Å². The van der Waals surface area contributed by atoms with Crippen molar-refractivity contribution in [2.24, 2.45) is 5.73 Å². The van der Waals surface area contributed by atoms with Gasteiger partial charge in [-0.05, 0) is 25.3 Å². The van der Waals surface area contributed by atoms with Crippen molar-refractivity contribution in [3.05, 3.63) is 54.1 Å². The summed E-state index contributed by atoms with van der Waals surface area (Å²) in [7, 11) is 0. The molecule has 0 saturated carbocycles. The topological polar surface area (TPSA) is 83.8 Å². The molecule has 0 aliphatic rings. The third-order valence-corrected chi connectivity index (χ3v) is 3.21. The fourth-order valence-corrected chi connectivity index (χ4v) is 2.00. The Hall–Kier alpha value is -2.14. The van der Waals surface area contributed by atoms with E-state index in [1.807, 2.05) is 37.3 Å². The number of hydrogen-bond donors (Lipinski definition) is 3. The Morgan fingerprint density at radius 2 is 2.15 bits per heavy atom. The zero-order chi connectivity index (χ0) is 14.4. The van der Waals surface area contributed by atoms with Crippen LogP contribution in [0.4, 0.5) is 0 Å². The number of benzene rings is 1. The van der Waals surface area contributed by atoms with Crippen LogP contribution in [0.2, 0.25) is 0 Å². The number of imidazole rings is 1. The van der Waals surface area contributed by atoms with Crippen molar-refractivity contribution < 1.29 is 4.79 Å². The van der Waals surface area contributed by atoms with E-state index < -0.39 is 6.04 Å². The number of rotatable bonds is 6. The summed E-state index contributed by atoms with van der Waals surface area (Å²) in [5.74, 6) is 0.582. The lowest BCUT2D eigenvalue weighted by atomic mass is 10.1. The molecular weight excluding hydrogens is 252 g/mol. The molecule has 2 atom stereocenters. The summed E-state index contributed by atoms with van der Waals surface area (Å²) < 4.78 is 0. The Bertz CT molecular complexity index is 524. The van der Waals surface area contributed by atoms with E-state index in [-0.39, 0.29) is 11.9 Å². The van der Waals surface area contributed by atoms with Crippen LogP contribution in [0.3, 0.4) is 0 Å². The van der Waals surface area contributed by atoms with Gasteiger partial charge in [0, 0.05) is 12.4 Å². The van der Waals surface area contributed by atoms with Gasteiger partial charge in [0.1, 0.15) is 5.82 Å². The van der Waals surface area contributed by atoms with Crippen LogP contribution < -0.4 is 11.1 Å². The van der Waals surface area contributed by atoms with E-state index in [4.69, 9.17) is 5.73 Å². The quantitative estimate of drug-likeness (QED) is 0.746. The predicted molar refractivity (Wildman–Crippen MR) is 77.9 cm³/mol. The Labute approximate surface area is 118 Å². The fraction of sp³-hybridized carbons (Fsp3) is 0.333. The molecule has 106 valence electrons. The first-order valence-corrected chi connectivity index (χ1v) is 6.76. The summed E-state index contributed by atoms with van der Waals surface area (Å²) in [6, 6.07) is 9.35. The summed E-state index contributed by atoms with van der Waals surface area (Å²) in [5, 5.41) is 2.86. The molecule has 5 heteroatoms. The zero-order valence-corrected chi connectivity index (χ0v) is 11.5. The van der Waals surface area contributed by atoms with Crippen LogP contribution in [0, 0.1) is 0 Å². The highest BCUT2D eigenvalue weighted by molar-refractivity contribution is 5.81. The lowest BCUT2D eigenvalue weighted by Gasteiger charge is -2.16. The lowest BCUT2D eigenvalue weighted by Crippen LogP contribution is -2.42. The van der Waals surface area contributed by atoms with Crippen LogP contribution in [-0.4, -0.2) is 21.9 Å². The largest absolute Gasteiger partial charge is 0.347 e. The lowest BCUT2D eigenvalue weighted by molar-refractivity contribution is -0.123. The van der Waals surface area contributed by atoms with Gasteiger partial charge in [0.05, 0.1) is 12.1 Å². The predicted octanol–water partition coefficient (Wildman–Crippen LogP) is 1.55. The second-order valence-corrected chi connectivity index (χ2v) is 4.84. The maximum absolute atomic E-state index is 12.0. The Balaban J connectivity index is 1.80. The molecule has 0 spiro atoms. The minimum absolute atomic E-state index is 0.148. The van der Waals surface area contributed by atoms with Crippen molar-refractivity contribution in [1.82, 2.24) is 15.3 Å². The second kappa shape index (κ2) is 6.86. The third kappa shape index (κ3) is 3.93. The number of nitrogens with one attached hydrogen (secondary N) is 2. The van der Waals surface area contributed by atoms with Crippen LogP contribution in [0.25, 0.3) is 0 Å². The van der Waals surface area contributed by atoms with Gasteiger partial charge < -0.3 is 16.0 Å². The Kier molecular flexibility index (Phi) is 4.90. The van der Waals surface area contributed by atoms with Gasteiger partial charge in [-0.3, -0.25) is 4.79 Å². The van der Waals surface area contributed by atoms with Gasteiger partial charge in [-0.2, -0.15) is 0 Å². The fourth-order valence-electron chi connectivity index (χ4n) is 2.00. The number of aromatic amines is 1. The molecule has 1 amide bonds. The number of amides is 1. The van der Waals surface area contributed by atoms with E-state index in [0.717, 1.165) is 12.2 Å². The molecule has 1 unspecified atom stereocenters. The first-order chi connectivity index (χ1) is 9.66. The highest BCUT2D eigenvalue weighted by atomic mass is 16.2. The number of carbonyl (C=O) groups is 1. The Morgan fingerprint density at radius 3 is 2.80 bits per heavy atom. The van der Waals surface area contributed by atoms with Gasteiger partial charge in [-0.15, -0.1) is 0 Å². The van der Waals surface area contributed by atoms with Gasteiger partial charge in [-0.25, -0.2) is 4.98 Å². The number of H-pyrrole nitrogens is 1. The minimum Gasteiger partial charge on any atom is -0.347 e. The summed E-state index contributed by atoms with van der Waals surface area (Å²) in [5.41, 5.74) is 7.11. The maximum atomic E-state index is 12.0. The van der Waals surface area contributed by atoms with Crippen LogP contribution in [0.15, 0.2) is 42.7 Å². The maximum Gasteiger partial charge on any atom is 0.237 e. The van der Waals surface area contributed by atoms with Crippen molar-refractivity contribution in [3.63, 3.8) is 0 Å². The first kappa shape index (κ1) is 14.3. The van der Waals surface area contributed by atoms with Gasteiger partial charge in [0.25, 0.3) is 0 Å². The number of aryl methyl sites for hydroxylation is 1. The molecular formula is C15H20N4O. The molecule has 1 aromatic heterocycles. The van der Waals surface area contributed by atoms with E-state index in [1.54, 1.807) is 12.4 Å². The number of hydrogen-bond acceptors (Lipinski definition) is 3. The highest BCUT2D eigenvalue weighted by Gasteiger charge is 2.17. The van der Waals surface area contributed by atoms with E-state index in [9.17, 15) is 4.79 Å². The summed E-state index contributed by atoms with van der Waals surface area (Å²) in [6.45, 7) is 1.88. The van der Waals surface area contributed by atoms with Crippen LogP contribution in [0.5, 0.6) is 0 Å². The summed E-state index contributed by atoms with van der Waals surface area (Å²) in [4.78, 5) is 19.1. The molecule has 4 N–H and O–H groups in total. The summed E-state index contributed by atoms with van der Waals surface area (Å²) >= 11 is 0. The van der Waals surface area contributed by atoms with E-state index in [1.165, 1.54) is 5.56 Å².